The van der Waals surface area contributed by atoms with Crippen LogP contribution in [-0.2, 0) is 0 Å². The molecule has 0 nitrogen and oxygen atoms in total. The zero-order chi connectivity index (χ0) is 14.5. The summed E-state index contributed by atoms with van der Waals surface area (Å²) in [6.07, 6.45) is 2.09. The minimum atomic E-state index is -1.00. The van der Waals surface area contributed by atoms with Crippen LogP contribution in [0.4, 0.5) is 8.78 Å². The highest BCUT2D eigenvalue weighted by molar-refractivity contribution is 6.32. The Morgan fingerprint density at radius 3 is 1.40 bits per heavy atom. The van der Waals surface area contributed by atoms with E-state index < -0.39 is 11.7 Å². The van der Waals surface area contributed by atoms with Crippen LogP contribution in [0.15, 0.2) is 60.2 Å². The van der Waals surface area contributed by atoms with Crippen molar-refractivity contribution in [3.8, 4) is 0 Å². The molecule has 0 saturated carbocycles. The van der Waals surface area contributed by atoms with Crippen LogP contribution in [0.1, 0.15) is 11.1 Å². The summed E-state index contributed by atoms with van der Waals surface area (Å²) in [6.45, 7) is 0. The monoisotopic (exact) mass is 310 g/mol. The van der Waals surface area contributed by atoms with Gasteiger partial charge in [-0.1, -0.05) is 59.6 Å². The van der Waals surface area contributed by atoms with E-state index in [1.54, 1.807) is 48.5 Å². The molecule has 2 rings (SSSR count). The fourth-order valence-electron chi connectivity index (χ4n) is 1.60. The summed E-state index contributed by atoms with van der Waals surface area (Å²) < 4.78 is 27.6. The van der Waals surface area contributed by atoms with E-state index in [-0.39, 0.29) is 0 Å². The first-order valence-corrected chi connectivity index (χ1v) is 6.57. The van der Waals surface area contributed by atoms with Crippen molar-refractivity contribution >= 4 is 35.4 Å². The molecule has 0 aliphatic carbocycles. The van der Waals surface area contributed by atoms with Crippen molar-refractivity contribution < 1.29 is 8.78 Å². The summed E-state index contributed by atoms with van der Waals surface area (Å²) in [5, 5.41) is 0.710. The molecule has 0 radical (unpaired) electrons. The first-order valence-electron chi connectivity index (χ1n) is 5.82. The van der Waals surface area contributed by atoms with E-state index in [1.165, 1.54) is 0 Å². The molecule has 0 atom stereocenters. The summed E-state index contributed by atoms with van der Waals surface area (Å²) >= 11 is 11.8. The van der Waals surface area contributed by atoms with Gasteiger partial charge < -0.3 is 0 Å². The van der Waals surface area contributed by atoms with Crippen LogP contribution in [-0.4, -0.2) is 0 Å². The average molecular weight is 311 g/mol. The molecule has 0 aromatic heterocycles. The van der Waals surface area contributed by atoms with Crippen LogP contribution in [0.3, 0.4) is 0 Å². The van der Waals surface area contributed by atoms with Gasteiger partial charge in [-0.25, -0.2) is 8.78 Å². The molecule has 0 bridgehead atoms. The van der Waals surface area contributed by atoms with Gasteiger partial charge in [0.15, 0.2) is 11.7 Å². The quantitative estimate of drug-likeness (QED) is 0.582. The topological polar surface area (TPSA) is 0 Å². The minimum absolute atomic E-state index is 0.355. The van der Waals surface area contributed by atoms with E-state index in [1.807, 2.05) is 0 Å². The Kier molecular flexibility index (Phi) is 4.94. The molecule has 0 amide bonds. The van der Waals surface area contributed by atoms with Crippen molar-refractivity contribution in [3.05, 3.63) is 81.4 Å². The number of benzene rings is 2. The molecule has 102 valence electrons. The molecule has 20 heavy (non-hydrogen) atoms. The fourth-order valence-corrected chi connectivity index (χ4v) is 1.98. The van der Waals surface area contributed by atoms with Gasteiger partial charge in [0, 0.05) is 10.0 Å². The van der Waals surface area contributed by atoms with Crippen LogP contribution >= 0.6 is 23.2 Å². The van der Waals surface area contributed by atoms with Gasteiger partial charge in [0.25, 0.3) is 0 Å². The third kappa shape index (κ3) is 3.69. The molecule has 0 N–H and O–H groups in total. The van der Waals surface area contributed by atoms with Crippen LogP contribution < -0.4 is 0 Å². The van der Waals surface area contributed by atoms with Crippen LogP contribution in [0.25, 0.3) is 12.2 Å². The molecular formula is C16H10Cl2F2. The Bertz CT molecular complexity index is 616. The second-order valence-electron chi connectivity index (χ2n) is 4.03. The maximum Gasteiger partial charge on any atom is 0.159 e. The van der Waals surface area contributed by atoms with Crippen molar-refractivity contribution in [2.75, 3.05) is 0 Å². The molecular weight excluding hydrogens is 301 g/mol. The van der Waals surface area contributed by atoms with Crippen LogP contribution in [0, 0.1) is 0 Å². The summed E-state index contributed by atoms with van der Waals surface area (Å²) in [5.74, 6) is -2.00. The predicted molar refractivity (Wildman–Crippen MR) is 81.1 cm³/mol. The normalized spacial score (nSPS) is 12.6. The molecule has 0 heterocycles. The highest BCUT2D eigenvalue weighted by atomic mass is 35.5. The lowest BCUT2D eigenvalue weighted by Gasteiger charge is -2.00. The maximum absolute atomic E-state index is 13.8. The van der Waals surface area contributed by atoms with E-state index in [2.05, 4.69) is 0 Å². The molecule has 0 aliphatic heterocycles. The Balaban J connectivity index is 2.32. The van der Waals surface area contributed by atoms with Gasteiger partial charge in [0.1, 0.15) is 0 Å². The zero-order valence-corrected chi connectivity index (χ0v) is 11.8. The standard InChI is InChI=1S/C16H10Cl2F2/c17-13-7-3-1-5-11(13)9-15(19)16(20)10-12-6-2-4-8-14(12)18/h1-10H/b15-9+,16-10+. The van der Waals surface area contributed by atoms with E-state index in [0.717, 1.165) is 12.2 Å². The molecule has 2 aromatic rings. The summed E-state index contributed by atoms with van der Waals surface area (Å²) in [6, 6.07) is 13.2. The maximum atomic E-state index is 13.8. The summed E-state index contributed by atoms with van der Waals surface area (Å²) in [5.41, 5.74) is 0.823. The number of hydrogen-bond donors (Lipinski definition) is 0. The Hall–Kier alpha value is -1.64. The van der Waals surface area contributed by atoms with Crippen molar-refractivity contribution in [3.63, 3.8) is 0 Å². The van der Waals surface area contributed by atoms with Crippen molar-refractivity contribution in [1.82, 2.24) is 0 Å². The van der Waals surface area contributed by atoms with E-state index in [4.69, 9.17) is 23.2 Å². The first-order chi connectivity index (χ1) is 9.58. The van der Waals surface area contributed by atoms with Gasteiger partial charge in [-0.05, 0) is 35.4 Å². The van der Waals surface area contributed by atoms with Crippen LogP contribution in [0.2, 0.25) is 10.0 Å². The average Bonchev–Trinajstić information content (AvgIpc) is 2.43. The number of rotatable bonds is 3. The highest BCUT2D eigenvalue weighted by Gasteiger charge is 2.06. The van der Waals surface area contributed by atoms with Gasteiger partial charge in [-0.15, -0.1) is 0 Å². The largest absolute Gasteiger partial charge is 0.204 e. The minimum Gasteiger partial charge on any atom is -0.204 e. The first kappa shape index (κ1) is 14.8. The Morgan fingerprint density at radius 1 is 0.700 bits per heavy atom. The van der Waals surface area contributed by atoms with Gasteiger partial charge in [-0.2, -0.15) is 0 Å². The highest BCUT2D eigenvalue weighted by Crippen LogP contribution is 2.26. The second-order valence-corrected chi connectivity index (χ2v) is 4.84. The molecule has 4 heteroatoms. The second kappa shape index (κ2) is 6.69. The predicted octanol–water partition coefficient (Wildman–Crippen LogP) is 6.31. The Labute approximate surface area is 126 Å². The summed E-state index contributed by atoms with van der Waals surface area (Å²) in [4.78, 5) is 0. The SMILES string of the molecule is FC(=C/c1ccccc1Cl)/C(F)=C\c1ccccc1Cl. The fraction of sp³-hybridized carbons (Fsp3) is 0. The third-order valence-electron chi connectivity index (χ3n) is 2.60. The molecule has 2 aromatic carbocycles. The summed E-state index contributed by atoms with van der Waals surface area (Å²) in [7, 11) is 0. The van der Waals surface area contributed by atoms with Gasteiger partial charge in [-0.3, -0.25) is 0 Å². The Morgan fingerprint density at radius 2 is 1.05 bits per heavy atom. The number of hydrogen-bond acceptors (Lipinski definition) is 0. The van der Waals surface area contributed by atoms with Gasteiger partial charge in [0.05, 0.1) is 0 Å². The zero-order valence-electron chi connectivity index (χ0n) is 10.3. The smallest absolute Gasteiger partial charge is 0.159 e. The van der Waals surface area contributed by atoms with Crippen molar-refractivity contribution in [2.45, 2.75) is 0 Å². The van der Waals surface area contributed by atoms with E-state index in [9.17, 15) is 8.78 Å². The molecule has 0 saturated heterocycles. The van der Waals surface area contributed by atoms with Crippen molar-refractivity contribution in [2.24, 2.45) is 0 Å². The van der Waals surface area contributed by atoms with Crippen molar-refractivity contribution in [1.29, 1.82) is 0 Å². The lowest BCUT2D eigenvalue weighted by Crippen LogP contribution is -1.81. The van der Waals surface area contributed by atoms with Gasteiger partial charge >= 0.3 is 0 Å². The molecule has 0 aliphatic rings. The lowest BCUT2D eigenvalue weighted by molar-refractivity contribution is 0.555. The molecule has 0 unspecified atom stereocenters. The molecule has 0 spiro atoms. The van der Waals surface area contributed by atoms with Gasteiger partial charge in [0.2, 0.25) is 0 Å². The molecule has 0 fully saturated rings. The lowest BCUT2D eigenvalue weighted by atomic mass is 10.1. The number of halogens is 4. The van der Waals surface area contributed by atoms with Crippen LogP contribution in [0.5, 0.6) is 0 Å². The number of allylic oxidation sites excluding steroid dienone is 2. The van der Waals surface area contributed by atoms with E-state index >= 15 is 0 Å². The third-order valence-corrected chi connectivity index (χ3v) is 3.29. The van der Waals surface area contributed by atoms with E-state index in [0.29, 0.717) is 21.2 Å².